The zero-order valence-corrected chi connectivity index (χ0v) is 15.7. The number of aryl methyl sites for hydroxylation is 2. The molecule has 2 fully saturated rings. The summed E-state index contributed by atoms with van der Waals surface area (Å²) >= 11 is 0. The molecule has 1 aromatic carbocycles. The van der Waals surface area contributed by atoms with Crippen molar-refractivity contribution >= 4 is 21.7 Å². The second-order valence-corrected chi connectivity index (χ2v) is 9.43. The number of nitrogens with one attached hydrogen (secondary N) is 2. The molecule has 7 heteroatoms. The van der Waals surface area contributed by atoms with Crippen molar-refractivity contribution in [2.24, 2.45) is 5.92 Å². The second kappa shape index (κ2) is 7.33. The monoisotopic (exact) mass is 365 g/mol. The van der Waals surface area contributed by atoms with E-state index in [0.29, 0.717) is 25.6 Å². The van der Waals surface area contributed by atoms with Crippen molar-refractivity contribution in [3.8, 4) is 0 Å². The first-order chi connectivity index (χ1) is 11.9. The Morgan fingerprint density at radius 3 is 2.40 bits per heavy atom. The molecule has 138 valence electrons. The van der Waals surface area contributed by atoms with Crippen LogP contribution in [0.4, 0.5) is 10.5 Å². The lowest BCUT2D eigenvalue weighted by Gasteiger charge is -2.31. The molecule has 2 aliphatic rings. The maximum absolute atomic E-state index is 12.2. The minimum Gasteiger partial charge on any atom is -0.338 e. The average molecular weight is 365 g/mol. The van der Waals surface area contributed by atoms with Gasteiger partial charge in [0.05, 0.1) is 5.25 Å². The van der Waals surface area contributed by atoms with Crippen LogP contribution in [0.3, 0.4) is 0 Å². The van der Waals surface area contributed by atoms with Crippen molar-refractivity contribution in [3.05, 3.63) is 29.3 Å². The number of carbonyl (C=O) groups excluding carboxylic acids is 1. The molecule has 0 atom stereocenters. The Labute approximate surface area is 150 Å². The topological polar surface area (TPSA) is 78.5 Å². The average Bonchev–Trinajstić information content (AvgIpc) is 3.42. The molecule has 1 aliphatic carbocycles. The van der Waals surface area contributed by atoms with Gasteiger partial charge in [0.2, 0.25) is 10.0 Å². The van der Waals surface area contributed by atoms with Crippen molar-refractivity contribution in [2.45, 2.75) is 44.8 Å². The van der Waals surface area contributed by atoms with Crippen molar-refractivity contribution in [3.63, 3.8) is 0 Å². The molecule has 0 radical (unpaired) electrons. The number of rotatable bonds is 5. The number of hydrogen-bond acceptors (Lipinski definition) is 3. The summed E-state index contributed by atoms with van der Waals surface area (Å²) in [6.45, 7) is 5.78. The van der Waals surface area contributed by atoms with E-state index in [4.69, 9.17) is 0 Å². The van der Waals surface area contributed by atoms with E-state index in [-0.39, 0.29) is 11.3 Å². The van der Waals surface area contributed by atoms with Crippen LogP contribution in [0.25, 0.3) is 0 Å². The number of benzene rings is 1. The molecule has 1 saturated carbocycles. The van der Waals surface area contributed by atoms with E-state index >= 15 is 0 Å². The van der Waals surface area contributed by atoms with Crippen LogP contribution in [-0.2, 0) is 10.0 Å². The van der Waals surface area contributed by atoms with Crippen molar-refractivity contribution < 1.29 is 13.2 Å². The molecule has 1 aliphatic heterocycles. The first kappa shape index (κ1) is 18.2. The third-order valence-corrected chi connectivity index (χ3v) is 7.59. The molecule has 6 nitrogen and oxygen atoms in total. The fourth-order valence-electron chi connectivity index (χ4n) is 3.18. The van der Waals surface area contributed by atoms with Gasteiger partial charge in [0.15, 0.2) is 0 Å². The van der Waals surface area contributed by atoms with E-state index in [0.717, 1.165) is 36.9 Å². The van der Waals surface area contributed by atoms with Crippen LogP contribution in [0.5, 0.6) is 0 Å². The molecular formula is C18H27N3O3S. The van der Waals surface area contributed by atoms with E-state index in [9.17, 15) is 13.2 Å². The molecular weight excluding hydrogens is 338 g/mol. The van der Waals surface area contributed by atoms with Gasteiger partial charge in [0.25, 0.3) is 0 Å². The van der Waals surface area contributed by atoms with E-state index in [2.05, 4.69) is 10.6 Å². The van der Waals surface area contributed by atoms with Crippen molar-refractivity contribution in [1.82, 2.24) is 9.62 Å². The molecule has 0 spiro atoms. The molecule has 1 aromatic rings. The number of hydrogen-bond donors (Lipinski definition) is 2. The zero-order chi connectivity index (χ0) is 18.0. The van der Waals surface area contributed by atoms with Crippen LogP contribution in [0.1, 0.15) is 36.8 Å². The summed E-state index contributed by atoms with van der Waals surface area (Å²) in [7, 11) is -3.06. The summed E-state index contributed by atoms with van der Waals surface area (Å²) in [5.74, 6) is 0.330. The highest BCUT2D eigenvalue weighted by Crippen LogP contribution is 2.33. The predicted molar refractivity (Wildman–Crippen MR) is 99.2 cm³/mol. The van der Waals surface area contributed by atoms with Gasteiger partial charge in [0.1, 0.15) is 0 Å². The maximum Gasteiger partial charge on any atom is 0.319 e. The predicted octanol–water partition coefficient (Wildman–Crippen LogP) is 2.63. The van der Waals surface area contributed by atoms with Gasteiger partial charge >= 0.3 is 6.03 Å². The molecule has 2 amide bonds. The number of amides is 2. The molecule has 1 saturated heterocycles. The largest absolute Gasteiger partial charge is 0.338 e. The highest BCUT2D eigenvalue weighted by Gasteiger charge is 2.41. The van der Waals surface area contributed by atoms with E-state index in [1.165, 1.54) is 5.56 Å². The Hall–Kier alpha value is -1.60. The number of nitrogens with zero attached hydrogens (tertiary/aromatic N) is 1. The van der Waals surface area contributed by atoms with Crippen LogP contribution in [0.2, 0.25) is 0 Å². The fraction of sp³-hybridized carbons (Fsp3) is 0.611. The zero-order valence-electron chi connectivity index (χ0n) is 14.9. The third kappa shape index (κ3) is 4.52. The van der Waals surface area contributed by atoms with Gasteiger partial charge in [-0.3, -0.25) is 0 Å². The molecule has 3 rings (SSSR count). The summed E-state index contributed by atoms with van der Waals surface area (Å²) in [6, 6.07) is 5.62. The summed E-state index contributed by atoms with van der Waals surface area (Å²) in [6.07, 6.45) is 3.22. The van der Waals surface area contributed by atoms with Crippen LogP contribution < -0.4 is 10.6 Å². The number of piperidine rings is 1. The van der Waals surface area contributed by atoms with Crippen molar-refractivity contribution in [1.29, 1.82) is 0 Å². The highest BCUT2D eigenvalue weighted by atomic mass is 32.2. The highest BCUT2D eigenvalue weighted by molar-refractivity contribution is 7.90. The summed E-state index contributed by atoms with van der Waals surface area (Å²) < 4.78 is 26.1. The van der Waals surface area contributed by atoms with Crippen LogP contribution in [-0.4, -0.2) is 43.6 Å². The molecule has 0 aromatic heterocycles. The minimum absolute atomic E-state index is 0.133. The molecule has 25 heavy (non-hydrogen) atoms. The lowest BCUT2D eigenvalue weighted by Crippen LogP contribution is -2.43. The normalized spacial score (nSPS) is 19.6. The van der Waals surface area contributed by atoms with Gasteiger partial charge in [-0.15, -0.1) is 0 Å². The Balaban J connectivity index is 1.42. The van der Waals surface area contributed by atoms with Gasteiger partial charge in [0, 0.05) is 25.3 Å². The Morgan fingerprint density at radius 2 is 1.80 bits per heavy atom. The quantitative estimate of drug-likeness (QED) is 0.842. The first-order valence-corrected chi connectivity index (χ1v) is 10.5. The van der Waals surface area contributed by atoms with Crippen molar-refractivity contribution in [2.75, 3.05) is 25.0 Å². The van der Waals surface area contributed by atoms with Crippen LogP contribution >= 0.6 is 0 Å². The SMILES string of the molecule is Cc1ccc(NC(=O)NCC2CCN(S(=O)(=O)C3CC3)CC2)cc1C. The number of anilines is 1. The van der Waals surface area contributed by atoms with Gasteiger partial charge in [-0.2, -0.15) is 0 Å². The molecule has 0 unspecified atom stereocenters. The van der Waals surface area contributed by atoms with Gasteiger partial charge in [-0.05, 0) is 68.7 Å². The van der Waals surface area contributed by atoms with Gasteiger partial charge in [-0.25, -0.2) is 17.5 Å². The number of sulfonamides is 1. The van der Waals surface area contributed by atoms with Gasteiger partial charge in [-0.1, -0.05) is 6.07 Å². The summed E-state index contributed by atoms with van der Waals surface area (Å²) in [5.41, 5.74) is 3.12. The lowest BCUT2D eigenvalue weighted by molar-refractivity contribution is 0.240. The second-order valence-electron chi connectivity index (χ2n) is 7.22. The fourth-order valence-corrected chi connectivity index (χ4v) is 5.05. The summed E-state index contributed by atoms with van der Waals surface area (Å²) in [4.78, 5) is 12.0. The van der Waals surface area contributed by atoms with Gasteiger partial charge < -0.3 is 10.6 Å². The standard InChI is InChI=1S/C18H27N3O3S/c1-13-3-4-16(11-14(13)2)20-18(22)19-12-15-7-9-21(10-8-15)25(23,24)17-5-6-17/h3-4,11,15,17H,5-10,12H2,1-2H3,(H2,19,20,22). The number of carbonyl (C=O) groups is 1. The van der Waals surface area contributed by atoms with E-state index < -0.39 is 10.0 Å². The third-order valence-electron chi connectivity index (χ3n) is 5.20. The van der Waals surface area contributed by atoms with Crippen LogP contribution in [0.15, 0.2) is 18.2 Å². The smallest absolute Gasteiger partial charge is 0.319 e. The van der Waals surface area contributed by atoms with E-state index in [1.807, 2.05) is 32.0 Å². The summed E-state index contributed by atoms with van der Waals surface area (Å²) in [5, 5.41) is 5.62. The Morgan fingerprint density at radius 1 is 1.12 bits per heavy atom. The minimum atomic E-state index is -3.06. The molecule has 1 heterocycles. The molecule has 2 N–H and O–H groups in total. The Kier molecular flexibility index (Phi) is 5.34. The lowest BCUT2D eigenvalue weighted by atomic mass is 9.98. The van der Waals surface area contributed by atoms with Crippen LogP contribution in [0, 0.1) is 19.8 Å². The molecule has 0 bridgehead atoms. The maximum atomic E-state index is 12.2. The van der Waals surface area contributed by atoms with E-state index in [1.54, 1.807) is 4.31 Å². The Bertz CT molecular complexity index is 736. The first-order valence-electron chi connectivity index (χ1n) is 8.97. The number of urea groups is 1.